The summed E-state index contributed by atoms with van der Waals surface area (Å²) in [6.45, 7) is 0.875. The average Bonchev–Trinajstić information content (AvgIpc) is 2.38. The topological polar surface area (TPSA) is 85.2 Å². The van der Waals surface area contributed by atoms with E-state index in [2.05, 4.69) is 4.89 Å². The van der Waals surface area contributed by atoms with Crippen LogP contribution in [0.4, 0.5) is 0 Å². The quantitative estimate of drug-likeness (QED) is 0.370. The van der Waals surface area contributed by atoms with Crippen molar-refractivity contribution < 1.29 is 29.5 Å². The number of aliphatic carboxylic acids is 1. The zero-order chi connectivity index (χ0) is 13.2. The van der Waals surface area contributed by atoms with E-state index in [-0.39, 0.29) is 25.3 Å². The molecule has 18 heavy (non-hydrogen) atoms. The highest BCUT2D eigenvalue weighted by atomic mass is 32.2. The molecule has 106 valence electrons. The first-order valence-corrected chi connectivity index (χ1v) is 7.03. The number of rotatable bonds is 9. The van der Waals surface area contributed by atoms with Crippen molar-refractivity contribution in [1.29, 1.82) is 0 Å². The van der Waals surface area contributed by atoms with E-state index in [4.69, 9.17) is 19.8 Å². The molecule has 1 saturated heterocycles. The van der Waals surface area contributed by atoms with Crippen LogP contribution >= 0.6 is 11.8 Å². The maximum absolute atomic E-state index is 11.1. The van der Waals surface area contributed by atoms with Crippen molar-refractivity contribution in [2.24, 2.45) is 0 Å². The number of aliphatic hydroxyl groups is 1. The van der Waals surface area contributed by atoms with Gasteiger partial charge < -0.3 is 14.9 Å². The number of carboxylic acids is 1. The fourth-order valence-corrected chi connectivity index (χ4v) is 2.75. The molecule has 6 nitrogen and oxygen atoms in total. The Hall–Kier alpha value is -0.340. The molecule has 2 N–H and O–H groups in total. The molecule has 1 rings (SSSR count). The highest BCUT2D eigenvalue weighted by Crippen LogP contribution is 2.28. The van der Waals surface area contributed by atoms with Crippen LogP contribution in [0.5, 0.6) is 0 Å². The molecule has 0 spiro atoms. The first kappa shape index (κ1) is 15.7. The summed E-state index contributed by atoms with van der Waals surface area (Å²) in [7, 11) is 0. The lowest BCUT2D eigenvalue weighted by molar-refractivity contribution is -0.297. The second kappa shape index (κ2) is 9.57. The van der Waals surface area contributed by atoms with Gasteiger partial charge in [-0.25, -0.2) is 9.78 Å². The highest BCUT2D eigenvalue weighted by molar-refractivity contribution is 8.01. The van der Waals surface area contributed by atoms with Gasteiger partial charge in [0, 0.05) is 6.61 Å². The Kier molecular flexibility index (Phi) is 8.36. The minimum atomic E-state index is -0.861. The minimum Gasteiger partial charge on any atom is -0.480 e. The summed E-state index contributed by atoms with van der Waals surface area (Å²) in [5, 5.41) is 17.0. The van der Waals surface area contributed by atoms with Gasteiger partial charge in [-0.3, -0.25) is 4.79 Å². The van der Waals surface area contributed by atoms with Gasteiger partial charge in [-0.2, -0.15) is 0 Å². The van der Waals surface area contributed by atoms with E-state index in [0.29, 0.717) is 13.0 Å². The molecule has 7 heteroatoms. The first-order chi connectivity index (χ1) is 8.74. The summed E-state index contributed by atoms with van der Waals surface area (Å²) in [4.78, 5) is 20.5. The molecule has 0 aromatic rings. The molecule has 0 bridgehead atoms. The number of thioether (sulfide) groups is 1. The maximum Gasteiger partial charge on any atom is 0.316 e. The van der Waals surface area contributed by atoms with Crippen LogP contribution < -0.4 is 0 Å². The van der Waals surface area contributed by atoms with Crippen LogP contribution in [0.15, 0.2) is 0 Å². The molecule has 1 fully saturated rings. The molecule has 0 aliphatic carbocycles. The van der Waals surface area contributed by atoms with Gasteiger partial charge in [-0.15, -0.1) is 11.8 Å². The zero-order valence-corrected chi connectivity index (χ0v) is 11.1. The number of aliphatic hydroxyl groups excluding tert-OH is 1. The molecule has 0 amide bonds. The van der Waals surface area contributed by atoms with E-state index in [1.54, 1.807) is 0 Å². The van der Waals surface area contributed by atoms with Crippen molar-refractivity contribution in [2.45, 2.75) is 36.4 Å². The van der Waals surface area contributed by atoms with E-state index in [0.717, 1.165) is 19.3 Å². The van der Waals surface area contributed by atoms with Crippen LogP contribution in [0.25, 0.3) is 0 Å². The van der Waals surface area contributed by atoms with E-state index in [1.165, 1.54) is 11.8 Å². The van der Waals surface area contributed by atoms with Gasteiger partial charge in [0.2, 0.25) is 0 Å². The smallest absolute Gasteiger partial charge is 0.316 e. The maximum atomic E-state index is 11.1. The summed E-state index contributed by atoms with van der Waals surface area (Å²) in [6, 6.07) is 0. The Balaban J connectivity index is 2.19. The number of ether oxygens (including phenoxy) is 1. The van der Waals surface area contributed by atoms with E-state index < -0.39 is 11.2 Å². The molecule has 0 radical (unpaired) electrons. The predicted octanol–water partition coefficient (Wildman–Crippen LogP) is 1.03. The SMILES string of the molecule is O=C(O)C(CCOOCCO)SC1CCCCO1. The van der Waals surface area contributed by atoms with Crippen molar-refractivity contribution in [3.8, 4) is 0 Å². The van der Waals surface area contributed by atoms with Gasteiger partial charge >= 0.3 is 5.97 Å². The number of carboxylic acid groups (broad SMARTS) is 1. The summed E-state index contributed by atoms with van der Waals surface area (Å²) >= 11 is 1.33. The third kappa shape index (κ3) is 6.55. The van der Waals surface area contributed by atoms with Crippen molar-refractivity contribution >= 4 is 17.7 Å². The lowest BCUT2D eigenvalue weighted by Gasteiger charge is -2.24. The van der Waals surface area contributed by atoms with Crippen LogP contribution in [0.2, 0.25) is 0 Å². The van der Waals surface area contributed by atoms with E-state index in [9.17, 15) is 4.79 Å². The van der Waals surface area contributed by atoms with Crippen molar-refractivity contribution in [3.05, 3.63) is 0 Å². The van der Waals surface area contributed by atoms with E-state index >= 15 is 0 Å². The van der Waals surface area contributed by atoms with Crippen LogP contribution in [0, 0.1) is 0 Å². The van der Waals surface area contributed by atoms with Crippen molar-refractivity contribution in [1.82, 2.24) is 0 Å². The highest BCUT2D eigenvalue weighted by Gasteiger charge is 2.25. The summed E-state index contributed by atoms with van der Waals surface area (Å²) in [5.41, 5.74) is -0.0294. The number of hydrogen-bond donors (Lipinski definition) is 2. The largest absolute Gasteiger partial charge is 0.480 e. The number of carbonyl (C=O) groups is 1. The number of hydrogen-bond acceptors (Lipinski definition) is 6. The van der Waals surface area contributed by atoms with Crippen molar-refractivity contribution in [3.63, 3.8) is 0 Å². The normalized spacial score (nSPS) is 21.7. The minimum absolute atomic E-state index is 0.0294. The van der Waals surface area contributed by atoms with Crippen LogP contribution in [0.1, 0.15) is 25.7 Å². The molecule has 1 heterocycles. The second-order valence-corrected chi connectivity index (χ2v) is 5.28. The zero-order valence-electron chi connectivity index (χ0n) is 10.2. The Labute approximate surface area is 111 Å². The van der Waals surface area contributed by atoms with Gasteiger partial charge in [0.25, 0.3) is 0 Å². The summed E-state index contributed by atoms with van der Waals surface area (Å²) in [6.07, 6.45) is 3.38. The molecule has 2 unspecified atom stereocenters. The molecule has 0 aromatic heterocycles. The van der Waals surface area contributed by atoms with Gasteiger partial charge in [0.05, 0.1) is 13.2 Å². The molecule has 0 aromatic carbocycles. The molecule has 2 atom stereocenters. The van der Waals surface area contributed by atoms with Crippen LogP contribution in [0.3, 0.4) is 0 Å². The predicted molar refractivity (Wildman–Crippen MR) is 66.2 cm³/mol. The Morgan fingerprint density at radius 2 is 2.17 bits per heavy atom. The molecular weight excluding hydrogens is 260 g/mol. The lowest BCUT2D eigenvalue weighted by atomic mass is 10.2. The lowest BCUT2D eigenvalue weighted by Crippen LogP contribution is -2.25. The first-order valence-electron chi connectivity index (χ1n) is 6.09. The molecular formula is C11H20O6S. The summed E-state index contributed by atoms with van der Waals surface area (Å²) < 4.78 is 5.50. The monoisotopic (exact) mass is 280 g/mol. The fraction of sp³-hybridized carbons (Fsp3) is 0.909. The van der Waals surface area contributed by atoms with Crippen molar-refractivity contribution in [2.75, 3.05) is 26.4 Å². The molecule has 0 saturated carbocycles. The molecule has 1 aliphatic rings. The van der Waals surface area contributed by atoms with Gasteiger partial charge in [0.15, 0.2) is 0 Å². The standard InChI is InChI=1S/C11H20O6S/c12-5-8-17-16-7-4-9(11(13)14)18-10-3-1-2-6-15-10/h9-10,12H,1-8H2,(H,13,14). The summed E-state index contributed by atoms with van der Waals surface area (Å²) in [5.74, 6) is -0.861. The Morgan fingerprint density at radius 1 is 1.39 bits per heavy atom. The fourth-order valence-electron chi connectivity index (χ4n) is 1.56. The van der Waals surface area contributed by atoms with Gasteiger partial charge in [-0.1, -0.05) is 0 Å². The third-order valence-electron chi connectivity index (χ3n) is 2.45. The third-order valence-corrected chi connectivity index (χ3v) is 3.89. The Morgan fingerprint density at radius 3 is 2.78 bits per heavy atom. The van der Waals surface area contributed by atoms with Gasteiger partial charge in [-0.05, 0) is 25.7 Å². The van der Waals surface area contributed by atoms with Gasteiger partial charge in [0.1, 0.15) is 17.3 Å². The Bertz CT molecular complexity index is 232. The van der Waals surface area contributed by atoms with Crippen LogP contribution in [-0.4, -0.2) is 53.3 Å². The van der Waals surface area contributed by atoms with E-state index in [1.807, 2.05) is 0 Å². The average molecular weight is 280 g/mol. The second-order valence-electron chi connectivity index (χ2n) is 3.92. The van der Waals surface area contributed by atoms with Crippen LogP contribution in [-0.2, 0) is 19.3 Å². The molecule has 1 aliphatic heterocycles.